The lowest BCUT2D eigenvalue weighted by Gasteiger charge is -2.42. The summed E-state index contributed by atoms with van der Waals surface area (Å²) in [4.78, 5) is 115. The Balaban J connectivity index is 0.000000278. The average molecular weight is 1460 g/mol. The van der Waals surface area contributed by atoms with Gasteiger partial charge in [-0.25, -0.2) is 36.9 Å². The molecule has 550 valence electrons. The molecule has 0 bridgehead atoms. The molecule has 4 N–H and O–H groups in total. The van der Waals surface area contributed by atoms with Gasteiger partial charge in [-0.1, -0.05) is 55.4 Å². The Morgan fingerprint density at radius 2 is 0.859 bits per heavy atom. The Morgan fingerprint density at radius 1 is 0.525 bits per heavy atom. The molecule has 99 heavy (non-hydrogen) atoms. The van der Waals surface area contributed by atoms with Crippen molar-refractivity contribution in [3.05, 3.63) is 153 Å². The largest absolute Gasteiger partial charge is 0.476 e. The average Bonchev–Trinajstić information content (AvgIpc) is 1.64. The first-order chi connectivity index (χ1) is 45.9. The summed E-state index contributed by atoms with van der Waals surface area (Å²) in [6.07, 6.45) is -0.568. The third kappa shape index (κ3) is 19.3. The number of nitrogens with zero attached hydrogens (tertiary/aromatic N) is 6. The van der Waals surface area contributed by atoms with Gasteiger partial charge in [-0.15, -0.1) is 0 Å². The van der Waals surface area contributed by atoms with Gasteiger partial charge < -0.3 is 51.1 Å². The minimum Gasteiger partial charge on any atom is -0.411 e. The molecule has 0 aromatic carbocycles. The van der Waals surface area contributed by atoms with E-state index in [1.165, 1.54) is 43.1 Å². The highest BCUT2D eigenvalue weighted by Gasteiger charge is 2.56. The Bertz CT molecular complexity index is 4150. The normalized spacial score (nSPS) is 25.6. The number of aromatic nitrogens is 8. The maximum atomic E-state index is 14.6. The molecule has 14 atom stereocenters. The van der Waals surface area contributed by atoms with Crippen molar-refractivity contribution >= 4 is 33.1 Å². The molecular formula is C64H100N10O21P2Si2. The van der Waals surface area contributed by atoms with Crippen molar-refractivity contribution in [3.63, 3.8) is 0 Å². The number of phosphoric ester groups is 1. The Labute approximate surface area is 578 Å². The van der Waals surface area contributed by atoms with Crippen LogP contribution in [0.4, 0.5) is 0 Å². The molecule has 4 saturated heterocycles. The van der Waals surface area contributed by atoms with Crippen molar-refractivity contribution < 1.29 is 59.5 Å². The van der Waals surface area contributed by atoms with Gasteiger partial charge in [-0.2, -0.15) is 0 Å². The summed E-state index contributed by atoms with van der Waals surface area (Å²) in [6.45, 7) is 52.5. The van der Waals surface area contributed by atoms with Crippen LogP contribution in [0.1, 0.15) is 169 Å². The summed E-state index contributed by atoms with van der Waals surface area (Å²) in [5.74, 6) is 0. The number of hydrogen-bond donors (Lipinski definition) is 4. The Morgan fingerprint density at radius 3 is 1.22 bits per heavy atom. The van der Waals surface area contributed by atoms with Crippen molar-refractivity contribution in [2.24, 2.45) is 0 Å². The number of phosphoric acid groups is 1. The summed E-state index contributed by atoms with van der Waals surface area (Å²) in [5.41, 5.74) is -5.55. The third-order valence-electron chi connectivity index (χ3n) is 19.0. The summed E-state index contributed by atoms with van der Waals surface area (Å²) in [5, 5.41) is -0.307. The Kier molecular flexibility index (Phi) is 26.0. The van der Waals surface area contributed by atoms with Gasteiger partial charge in [0.05, 0.1) is 36.6 Å². The van der Waals surface area contributed by atoms with Crippen LogP contribution in [0, 0.1) is 40.8 Å². The predicted octanol–water partition coefficient (Wildman–Crippen LogP) is 8.73. The van der Waals surface area contributed by atoms with E-state index in [1.807, 2.05) is 27.7 Å². The fraction of sp³-hybridized carbons (Fsp3) is 0.719. The first-order valence-corrected chi connectivity index (χ1v) is 41.6. The molecule has 8 rings (SSSR count). The van der Waals surface area contributed by atoms with Crippen LogP contribution < -0.4 is 45.0 Å². The fourth-order valence-corrected chi connectivity index (χ4v) is 17.1. The molecule has 0 radical (unpaired) electrons. The molecule has 4 aromatic rings. The van der Waals surface area contributed by atoms with Crippen molar-refractivity contribution in [1.82, 2.24) is 38.2 Å². The lowest BCUT2D eigenvalue weighted by atomic mass is 9.97. The summed E-state index contributed by atoms with van der Waals surface area (Å²) >= 11 is 0. The molecule has 4 aromatic heterocycles. The van der Waals surface area contributed by atoms with Crippen LogP contribution in [0.3, 0.4) is 0 Å². The number of rotatable bonds is 26. The van der Waals surface area contributed by atoms with E-state index in [9.17, 15) is 42.9 Å². The molecule has 8 heterocycles. The van der Waals surface area contributed by atoms with E-state index in [4.69, 9.17) is 68.1 Å². The summed E-state index contributed by atoms with van der Waals surface area (Å²) < 4.78 is 96.3. The first-order valence-electron chi connectivity index (χ1n) is 33.2. The Hall–Kier alpha value is -5.69. The molecule has 0 aliphatic carbocycles. The molecule has 4 aliphatic rings. The molecule has 31 nitrogen and oxygen atoms in total. The number of aromatic amines is 4. The quantitative estimate of drug-likeness (QED) is 0.0197. The van der Waals surface area contributed by atoms with Gasteiger partial charge in [0.1, 0.15) is 61.5 Å². The highest BCUT2D eigenvalue weighted by atomic mass is 31.2. The molecular weight excluding hydrogens is 1360 g/mol. The SMILES string of the molecule is [C-]#[N+]CCOP(=O)(O[C@@H]1C[C@H](n2cc(C)c(=O)[nH]c2=O)O[C@@H]1CC)OC(C)(C)[C@H]1O[C@@H](n2cc(C)c(=O)[nH]c2=O)C[C@H]1O[Si](C)(C)C(C)(C)C.[C-]#[N+]CCOP(O[C@@H]1C[C@H](n2cc(C)c(=O)[nH]c2=O)O[C@@H]1CC)OC(C)(C)[C@H]1O[C@@H](n2cc(C)c(=O)[nH]c2=O)C[C@H]1O[Si](C)(C)C(C)(C)C. The third-order valence-corrected chi connectivity index (χ3v) is 31.2. The van der Waals surface area contributed by atoms with Crippen LogP contribution >= 0.6 is 16.4 Å². The second kappa shape index (κ2) is 31.9. The van der Waals surface area contributed by atoms with Gasteiger partial charge in [-0.05, 0) is 104 Å². The maximum Gasteiger partial charge on any atom is 0.476 e. The van der Waals surface area contributed by atoms with Gasteiger partial charge >= 0.3 is 39.2 Å². The van der Waals surface area contributed by atoms with E-state index in [1.54, 1.807) is 41.5 Å². The zero-order chi connectivity index (χ0) is 73.9. The van der Waals surface area contributed by atoms with Gasteiger partial charge in [-0.3, -0.25) is 71.0 Å². The smallest absolute Gasteiger partial charge is 0.411 e. The molecule has 0 spiro atoms. The topological polar surface area (TPSA) is 356 Å². The standard InChI is InChI=1S/C32H50N5O11PSi.C32H50N5O10PSi/c1-12-21-22(15-24(44-21)36-17-19(2)27(38)34-29(36)40)46-49(42,43-14-13-33-9)48-32(7,8)26-23(47-50(10,11)31(4,5)6)16-25(45-26)37-18-20(3)28(39)35-30(37)41;1-12-21-22(15-24(43-21)36-17-19(2)27(38)34-29(36)40)45-48(42-14-13-33-9)47-32(7,8)26-23(46-49(10,11)31(4,5)6)16-25(44-26)37-18-20(3)28(39)35-30(37)41/h17-18,21-26H,12-16H2,1-8,10-11H3,(H,34,38,40)(H,35,39,41);17-18,21-26H,12-16H2,1-8,10-11H3,(H,34,38,40)(H,35,39,41)/t21-,22-,23-,24-,25-,26+,49?;21-,22-,23-,24-,25-,26+,48?/m11/s1. The van der Waals surface area contributed by atoms with E-state index in [0.717, 1.165) is 0 Å². The molecule has 0 amide bonds. The number of hydrogen-bond acceptors (Lipinski definition) is 21. The van der Waals surface area contributed by atoms with Crippen LogP contribution in [0.15, 0.2) is 63.1 Å². The van der Waals surface area contributed by atoms with Crippen LogP contribution in [0.2, 0.25) is 36.3 Å². The molecule has 4 fully saturated rings. The monoisotopic (exact) mass is 1460 g/mol. The van der Waals surface area contributed by atoms with E-state index in [-0.39, 0.29) is 55.6 Å². The van der Waals surface area contributed by atoms with E-state index < -0.39 is 163 Å². The second-order valence-corrected chi connectivity index (χ2v) is 41.7. The number of nitrogens with one attached hydrogen (secondary N) is 4. The highest BCUT2D eigenvalue weighted by Crippen LogP contribution is 2.58. The maximum absolute atomic E-state index is 14.6. The van der Waals surface area contributed by atoms with Gasteiger partial charge in [0.2, 0.25) is 13.1 Å². The van der Waals surface area contributed by atoms with Gasteiger partial charge in [0, 0.05) is 72.7 Å². The van der Waals surface area contributed by atoms with Crippen LogP contribution in [0.5, 0.6) is 0 Å². The fourth-order valence-electron chi connectivity index (χ4n) is 11.4. The summed E-state index contributed by atoms with van der Waals surface area (Å²) in [7, 11) is -11.4. The van der Waals surface area contributed by atoms with Gasteiger partial charge in [0.15, 0.2) is 16.6 Å². The van der Waals surface area contributed by atoms with Crippen molar-refractivity contribution in [2.45, 2.75) is 271 Å². The van der Waals surface area contributed by atoms with Crippen LogP contribution in [0.25, 0.3) is 9.69 Å². The van der Waals surface area contributed by atoms with E-state index >= 15 is 0 Å². The number of ether oxygens (including phenoxy) is 4. The van der Waals surface area contributed by atoms with E-state index in [0.29, 0.717) is 41.5 Å². The van der Waals surface area contributed by atoms with Gasteiger partial charge in [0.25, 0.3) is 22.2 Å². The van der Waals surface area contributed by atoms with Crippen molar-refractivity contribution in [1.29, 1.82) is 0 Å². The number of aryl methyl sites for hydroxylation is 4. The zero-order valence-corrected chi connectivity index (χ0v) is 64.2. The molecule has 4 aliphatic heterocycles. The lowest BCUT2D eigenvalue weighted by molar-refractivity contribution is -0.123. The minimum absolute atomic E-state index is 0.0573. The van der Waals surface area contributed by atoms with Crippen molar-refractivity contribution in [3.8, 4) is 0 Å². The highest BCUT2D eigenvalue weighted by molar-refractivity contribution is 7.48. The second-order valence-electron chi connectivity index (χ2n) is 29.6. The molecule has 2 unspecified atom stereocenters. The lowest BCUT2D eigenvalue weighted by Crippen LogP contribution is -2.51. The van der Waals surface area contributed by atoms with Crippen LogP contribution in [-0.4, -0.2) is 141 Å². The predicted molar refractivity (Wildman–Crippen MR) is 373 cm³/mol. The van der Waals surface area contributed by atoms with E-state index in [2.05, 4.69) is 97.4 Å². The molecule has 0 saturated carbocycles. The van der Waals surface area contributed by atoms with Crippen LogP contribution in [-0.2, 0) is 59.5 Å². The zero-order valence-electron chi connectivity index (χ0n) is 60.5. The first kappa shape index (κ1) is 80.6. The minimum atomic E-state index is -4.50. The summed E-state index contributed by atoms with van der Waals surface area (Å²) in [6, 6.07) is 0. The van der Waals surface area contributed by atoms with Crippen molar-refractivity contribution in [2.75, 3.05) is 26.3 Å². The molecule has 35 heteroatoms. The number of H-pyrrole nitrogens is 4.